The Balaban J connectivity index is 1.55. The van der Waals surface area contributed by atoms with Gasteiger partial charge in [0.2, 0.25) is 11.8 Å². The third-order valence-electron chi connectivity index (χ3n) is 5.22. The zero-order chi connectivity index (χ0) is 17.2. The van der Waals surface area contributed by atoms with Crippen LogP contribution in [0.25, 0.3) is 0 Å². The summed E-state index contributed by atoms with van der Waals surface area (Å²) in [5.41, 5.74) is 0.837. The van der Waals surface area contributed by atoms with Crippen LogP contribution in [0.15, 0.2) is 30.3 Å². The molecule has 1 aromatic carbocycles. The molecule has 2 fully saturated rings. The molecule has 5 heteroatoms. The highest BCUT2D eigenvalue weighted by Crippen LogP contribution is 2.25. The fraction of sp³-hybridized carbons (Fsp3) is 0.579. The van der Waals surface area contributed by atoms with Gasteiger partial charge >= 0.3 is 0 Å². The molecule has 3 rings (SSSR count). The van der Waals surface area contributed by atoms with Crippen molar-refractivity contribution in [1.29, 1.82) is 0 Å². The number of hydrogen-bond donors (Lipinski definition) is 1. The van der Waals surface area contributed by atoms with E-state index in [-0.39, 0.29) is 23.3 Å². The van der Waals surface area contributed by atoms with Gasteiger partial charge in [0.15, 0.2) is 0 Å². The molecule has 1 atom stereocenters. The molecular weight excluding hydrogens is 302 g/mol. The average Bonchev–Trinajstić information content (AvgIpc) is 3.23. The van der Waals surface area contributed by atoms with Gasteiger partial charge in [-0.15, -0.1) is 0 Å². The Morgan fingerprint density at radius 1 is 1.21 bits per heavy atom. The maximum absolute atomic E-state index is 12.5. The molecule has 1 aromatic rings. The van der Waals surface area contributed by atoms with Crippen LogP contribution in [0.2, 0.25) is 0 Å². The Kier molecular flexibility index (Phi) is 4.90. The van der Waals surface area contributed by atoms with Gasteiger partial charge in [0.25, 0.3) is 0 Å². The summed E-state index contributed by atoms with van der Waals surface area (Å²) >= 11 is 0. The largest absolute Gasteiger partial charge is 0.354 e. The summed E-state index contributed by atoms with van der Waals surface area (Å²) < 4.78 is 0. The van der Waals surface area contributed by atoms with Crippen molar-refractivity contribution < 1.29 is 9.59 Å². The van der Waals surface area contributed by atoms with Crippen molar-refractivity contribution in [3.63, 3.8) is 0 Å². The van der Waals surface area contributed by atoms with Crippen LogP contribution in [-0.2, 0) is 9.59 Å². The predicted octanol–water partition coefficient (Wildman–Crippen LogP) is 2.03. The Morgan fingerprint density at radius 3 is 2.54 bits per heavy atom. The van der Waals surface area contributed by atoms with Crippen LogP contribution < -0.4 is 10.2 Å². The fourth-order valence-corrected chi connectivity index (χ4v) is 3.62. The van der Waals surface area contributed by atoms with E-state index >= 15 is 0 Å². The Labute approximate surface area is 144 Å². The minimum Gasteiger partial charge on any atom is -0.354 e. The highest BCUT2D eigenvalue weighted by Gasteiger charge is 2.36. The number of benzene rings is 1. The van der Waals surface area contributed by atoms with E-state index in [1.807, 2.05) is 30.3 Å². The van der Waals surface area contributed by atoms with Crippen LogP contribution in [0.1, 0.15) is 33.1 Å². The smallest absolute Gasteiger partial charge is 0.227 e. The molecule has 0 spiro atoms. The minimum atomic E-state index is -0.257. The van der Waals surface area contributed by atoms with E-state index in [1.165, 1.54) is 12.8 Å². The molecule has 2 heterocycles. The van der Waals surface area contributed by atoms with Crippen LogP contribution in [-0.4, -0.2) is 48.4 Å². The minimum absolute atomic E-state index is 0.00551. The van der Waals surface area contributed by atoms with E-state index in [0.717, 1.165) is 18.8 Å². The van der Waals surface area contributed by atoms with Gasteiger partial charge in [-0.25, -0.2) is 0 Å². The lowest BCUT2D eigenvalue weighted by molar-refractivity contribution is -0.126. The SMILES string of the molecule is CC(C)(CNC(=O)C1CC(=O)N(c2ccccc2)C1)N1CCCC1. The summed E-state index contributed by atoms with van der Waals surface area (Å²) in [5, 5.41) is 3.07. The van der Waals surface area contributed by atoms with Gasteiger partial charge in [-0.2, -0.15) is 0 Å². The van der Waals surface area contributed by atoms with Crippen LogP contribution >= 0.6 is 0 Å². The molecule has 0 aliphatic carbocycles. The molecule has 0 saturated carbocycles. The molecule has 2 aliphatic heterocycles. The number of carbonyl (C=O) groups excluding carboxylic acids is 2. The van der Waals surface area contributed by atoms with Crippen molar-refractivity contribution in [2.75, 3.05) is 31.1 Å². The molecule has 2 aliphatic rings. The number of amides is 2. The lowest BCUT2D eigenvalue weighted by atomic mass is 10.0. The lowest BCUT2D eigenvalue weighted by Gasteiger charge is -2.35. The van der Waals surface area contributed by atoms with E-state index in [9.17, 15) is 9.59 Å². The van der Waals surface area contributed by atoms with Gasteiger partial charge in [0, 0.05) is 30.7 Å². The normalized spacial score (nSPS) is 22.2. The van der Waals surface area contributed by atoms with Gasteiger partial charge in [-0.3, -0.25) is 14.5 Å². The second-order valence-corrected chi connectivity index (χ2v) is 7.47. The summed E-state index contributed by atoms with van der Waals surface area (Å²) in [5.74, 6) is -0.235. The Morgan fingerprint density at radius 2 is 1.88 bits per heavy atom. The van der Waals surface area contributed by atoms with Gasteiger partial charge in [-0.1, -0.05) is 18.2 Å². The number of carbonyl (C=O) groups is 2. The quantitative estimate of drug-likeness (QED) is 0.899. The Hall–Kier alpha value is -1.88. The molecule has 5 nitrogen and oxygen atoms in total. The zero-order valence-corrected chi connectivity index (χ0v) is 14.6. The highest BCUT2D eigenvalue weighted by molar-refractivity contribution is 6.00. The van der Waals surface area contributed by atoms with Crippen LogP contribution in [0, 0.1) is 5.92 Å². The van der Waals surface area contributed by atoms with Crippen molar-refractivity contribution in [1.82, 2.24) is 10.2 Å². The third kappa shape index (κ3) is 3.61. The first kappa shape index (κ1) is 17.0. The molecule has 2 saturated heterocycles. The number of rotatable bonds is 5. The monoisotopic (exact) mass is 329 g/mol. The van der Waals surface area contributed by atoms with Gasteiger partial charge < -0.3 is 10.2 Å². The number of para-hydroxylation sites is 1. The van der Waals surface area contributed by atoms with E-state index in [2.05, 4.69) is 24.1 Å². The molecule has 0 aromatic heterocycles. The highest BCUT2D eigenvalue weighted by atomic mass is 16.2. The van der Waals surface area contributed by atoms with E-state index in [0.29, 0.717) is 19.5 Å². The average molecular weight is 329 g/mol. The third-order valence-corrected chi connectivity index (χ3v) is 5.22. The molecule has 2 amide bonds. The topological polar surface area (TPSA) is 52.7 Å². The molecule has 0 radical (unpaired) electrons. The van der Waals surface area contributed by atoms with Crippen LogP contribution in [0.4, 0.5) is 5.69 Å². The van der Waals surface area contributed by atoms with Crippen molar-refractivity contribution in [2.24, 2.45) is 5.92 Å². The first-order valence-electron chi connectivity index (χ1n) is 8.85. The molecule has 24 heavy (non-hydrogen) atoms. The second-order valence-electron chi connectivity index (χ2n) is 7.47. The molecular formula is C19H27N3O2. The standard InChI is InChI=1S/C19H27N3O2/c1-19(2,21-10-6-7-11-21)14-20-18(24)15-12-17(23)22(13-15)16-8-4-3-5-9-16/h3-5,8-9,15H,6-7,10-14H2,1-2H3,(H,20,24). The van der Waals surface area contributed by atoms with Crippen molar-refractivity contribution in [3.8, 4) is 0 Å². The lowest BCUT2D eigenvalue weighted by Crippen LogP contribution is -2.51. The van der Waals surface area contributed by atoms with Gasteiger partial charge in [-0.05, 0) is 51.9 Å². The van der Waals surface area contributed by atoms with Crippen molar-refractivity contribution in [3.05, 3.63) is 30.3 Å². The summed E-state index contributed by atoms with van der Waals surface area (Å²) in [6.45, 7) is 7.66. The Bertz CT molecular complexity index is 594. The van der Waals surface area contributed by atoms with Crippen LogP contribution in [0.3, 0.4) is 0 Å². The van der Waals surface area contributed by atoms with E-state index in [4.69, 9.17) is 0 Å². The number of anilines is 1. The van der Waals surface area contributed by atoms with E-state index in [1.54, 1.807) is 4.90 Å². The summed E-state index contributed by atoms with van der Waals surface area (Å²) in [4.78, 5) is 28.9. The fourth-order valence-electron chi connectivity index (χ4n) is 3.62. The number of likely N-dealkylation sites (tertiary alicyclic amines) is 1. The predicted molar refractivity (Wildman–Crippen MR) is 94.8 cm³/mol. The van der Waals surface area contributed by atoms with E-state index < -0.39 is 0 Å². The first-order valence-corrected chi connectivity index (χ1v) is 8.85. The number of nitrogens with one attached hydrogen (secondary N) is 1. The van der Waals surface area contributed by atoms with Crippen molar-refractivity contribution in [2.45, 2.75) is 38.6 Å². The summed E-state index contributed by atoms with van der Waals surface area (Å²) in [7, 11) is 0. The maximum atomic E-state index is 12.5. The number of hydrogen-bond acceptors (Lipinski definition) is 3. The maximum Gasteiger partial charge on any atom is 0.227 e. The first-order chi connectivity index (χ1) is 11.5. The van der Waals surface area contributed by atoms with Crippen LogP contribution in [0.5, 0.6) is 0 Å². The summed E-state index contributed by atoms with van der Waals surface area (Å²) in [6, 6.07) is 9.57. The van der Waals surface area contributed by atoms with Gasteiger partial charge in [0.05, 0.1) is 5.92 Å². The molecule has 130 valence electrons. The van der Waals surface area contributed by atoms with Gasteiger partial charge in [0.1, 0.15) is 0 Å². The molecule has 1 unspecified atom stereocenters. The molecule has 0 bridgehead atoms. The zero-order valence-electron chi connectivity index (χ0n) is 14.6. The molecule has 1 N–H and O–H groups in total. The summed E-state index contributed by atoms with van der Waals surface area (Å²) in [6.07, 6.45) is 2.77. The number of nitrogens with zero attached hydrogens (tertiary/aromatic N) is 2. The van der Waals surface area contributed by atoms with Crippen molar-refractivity contribution >= 4 is 17.5 Å². The second kappa shape index (κ2) is 6.93.